The van der Waals surface area contributed by atoms with Crippen molar-refractivity contribution in [2.45, 2.75) is 25.8 Å². The Morgan fingerprint density at radius 3 is 2.65 bits per heavy atom. The molecule has 3 rings (SSSR count). The SMILES string of the molecule is CC(Nc1ccc(N2CCCC2)nc1)c1ccc(Br)o1. The fraction of sp³-hybridized carbons (Fsp3) is 0.400. The third kappa shape index (κ3) is 2.98. The predicted octanol–water partition coefficient (Wildman–Crippen LogP) is 4.21. The first-order valence-corrected chi connectivity index (χ1v) is 7.74. The van der Waals surface area contributed by atoms with Gasteiger partial charge < -0.3 is 14.6 Å². The maximum atomic E-state index is 5.55. The van der Waals surface area contributed by atoms with E-state index >= 15 is 0 Å². The van der Waals surface area contributed by atoms with Crippen LogP contribution < -0.4 is 10.2 Å². The fourth-order valence-corrected chi connectivity index (χ4v) is 2.81. The molecule has 0 aromatic carbocycles. The number of halogens is 1. The van der Waals surface area contributed by atoms with Crippen molar-refractivity contribution in [3.05, 3.63) is 40.9 Å². The van der Waals surface area contributed by atoms with E-state index in [1.54, 1.807) is 0 Å². The summed E-state index contributed by atoms with van der Waals surface area (Å²) in [5.74, 6) is 1.97. The quantitative estimate of drug-likeness (QED) is 0.908. The van der Waals surface area contributed by atoms with Gasteiger partial charge >= 0.3 is 0 Å². The first-order chi connectivity index (χ1) is 9.72. The Morgan fingerprint density at radius 2 is 2.05 bits per heavy atom. The number of hydrogen-bond acceptors (Lipinski definition) is 4. The molecule has 1 aliphatic heterocycles. The molecule has 106 valence electrons. The standard InChI is InChI=1S/C15H18BrN3O/c1-11(13-5-6-14(16)20-13)18-12-4-7-15(17-10-12)19-8-2-3-9-19/h4-7,10-11,18H,2-3,8-9H2,1H3. The molecule has 2 aromatic heterocycles. The van der Waals surface area contributed by atoms with Gasteiger partial charge in [-0.05, 0) is 60.0 Å². The summed E-state index contributed by atoms with van der Waals surface area (Å²) in [4.78, 5) is 6.87. The maximum Gasteiger partial charge on any atom is 0.169 e. The second-order valence-electron chi connectivity index (χ2n) is 5.11. The molecule has 1 aliphatic rings. The van der Waals surface area contributed by atoms with Crippen LogP contribution in [-0.4, -0.2) is 18.1 Å². The second-order valence-corrected chi connectivity index (χ2v) is 5.89. The van der Waals surface area contributed by atoms with Crippen molar-refractivity contribution in [3.8, 4) is 0 Å². The summed E-state index contributed by atoms with van der Waals surface area (Å²) in [6.45, 7) is 4.31. The van der Waals surface area contributed by atoms with Gasteiger partial charge in [-0.3, -0.25) is 0 Å². The van der Waals surface area contributed by atoms with Crippen molar-refractivity contribution >= 4 is 27.4 Å². The molecule has 0 radical (unpaired) electrons. The molecule has 1 N–H and O–H groups in total. The van der Waals surface area contributed by atoms with Gasteiger partial charge in [-0.25, -0.2) is 4.98 Å². The number of furan rings is 1. The summed E-state index contributed by atoms with van der Waals surface area (Å²) in [5, 5.41) is 3.39. The Kier molecular flexibility index (Phi) is 3.96. The van der Waals surface area contributed by atoms with E-state index < -0.39 is 0 Å². The number of nitrogens with zero attached hydrogens (tertiary/aromatic N) is 2. The molecule has 1 atom stereocenters. The third-order valence-corrected chi connectivity index (χ3v) is 4.01. The van der Waals surface area contributed by atoms with Gasteiger partial charge in [-0.2, -0.15) is 0 Å². The lowest BCUT2D eigenvalue weighted by atomic mass is 10.2. The predicted molar refractivity (Wildman–Crippen MR) is 84.1 cm³/mol. The van der Waals surface area contributed by atoms with Crippen LogP contribution in [0.5, 0.6) is 0 Å². The summed E-state index contributed by atoms with van der Waals surface area (Å²) in [7, 11) is 0. The molecule has 0 aliphatic carbocycles. The first kappa shape index (κ1) is 13.5. The molecular weight excluding hydrogens is 318 g/mol. The Hall–Kier alpha value is -1.49. The van der Waals surface area contributed by atoms with Crippen molar-refractivity contribution in [2.24, 2.45) is 0 Å². The van der Waals surface area contributed by atoms with E-state index in [0.717, 1.165) is 35.0 Å². The molecule has 4 nitrogen and oxygen atoms in total. The minimum Gasteiger partial charge on any atom is -0.452 e. The van der Waals surface area contributed by atoms with Crippen LogP contribution in [0.4, 0.5) is 11.5 Å². The highest BCUT2D eigenvalue weighted by atomic mass is 79.9. The summed E-state index contributed by atoms with van der Waals surface area (Å²) >= 11 is 3.32. The zero-order valence-corrected chi connectivity index (χ0v) is 13.1. The number of anilines is 2. The fourth-order valence-electron chi connectivity index (χ4n) is 2.49. The van der Waals surface area contributed by atoms with Gasteiger partial charge in [0.05, 0.1) is 17.9 Å². The second kappa shape index (κ2) is 5.87. The molecule has 1 saturated heterocycles. The number of aromatic nitrogens is 1. The number of pyridine rings is 1. The van der Waals surface area contributed by atoms with Gasteiger partial charge in [-0.15, -0.1) is 0 Å². The zero-order valence-electron chi connectivity index (χ0n) is 11.5. The van der Waals surface area contributed by atoms with Crippen molar-refractivity contribution in [1.82, 2.24) is 4.98 Å². The number of hydrogen-bond donors (Lipinski definition) is 1. The van der Waals surface area contributed by atoms with Gasteiger partial charge in [0.2, 0.25) is 0 Å². The molecule has 0 spiro atoms. The van der Waals surface area contributed by atoms with Crippen LogP contribution in [0.15, 0.2) is 39.5 Å². The average molecular weight is 336 g/mol. The van der Waals surface area contributed by atoms with Gasteiger partial charge in [0.1, 0.15) is 11.6 Å². The Balaban J connectivity index is 1.65. The Morgan fingerprint density at radius 1 is 1.25 bits per heavy atom. The Bertz CT molecular complexity index is 561. The zero-order chi connectivity index (χ0) is 13.9. The minimum atomic E-state index is 0.112. The van der Waals surface area contributed by atoms with Crippen molar-refractivity contribution in [3.63, 3.8) is 0 Å². The summed E-state index contributed by atoms with van der Waals surface area (Å²) < 4.78 is 6.30. The van der Waals surface area contributed by atoms with Crippen molar-refractivity contribution < 1.29 is 4.42 Å². The van der Waals surface area contributed by atoms with E-state index in [-0.39, 0.29) is 6.04 Å². The summed E-state index contributed by atoms with van der Waals surface area (Å²) in [6, 6.07) is 8.14. The van der Waals surface area contributed by atoms with E-state index in [2.05, 4.69) is 50.2 Å². The highest BCUT2D eigenvalue weighted by Gasteiger charge is 2.14. The number of nitrogens with one attached hydrogen (secondary N) is 1. The van der Waals surface area contributed by atoms with Gasteiger partial charge in [-0.1, -0.05) is 0 Å². The van der Waals surface area contributed by atoms with Gasteiger partial charge in [0.15, 0.2) is 4.67 Å². The smallest absolute Gasteiger partial charge is 0.169 e. The van der Waals surface area contributed by atoms with E-state index in [1.807, 2.05) is 18.3 Å². The molecule has 1 unspecified atom stereocenters. The summed E-state index contributed by atoms with van der Waals surface area (Å²) in [6.07, 6.45) is 4.43. The van der Waals surface area contributed by atoms with E-state index in [9.17, 15) is 0 Å². The lowest BCUT2D eigenvalue weighted by Gasteiger charge is -2.17. The lowest BCUT2D eigenvalue weighted by molar-refractivity contribution is 0.471. The highest BCUT2D eigenvalue weighted by Crippen LogP contribution is 2.24. The molecule has 5 heteroatoms. The molecule has 0 saturated carbocycles. The largest absolute Gasteiger partial charge is 0.452 e. The van der Waals surface area contributed by atoms with Crippen LogP contribution in [-0.2, 0) is 0 Å². The third-order valence-electron chi connectivity index (χ3n) is 3.58. The lowest BCUT2D eigenvalue weighted by Crippen LogP contribution is -2.18. The molecule has 0 bridgehead atoms. The minimum absolute atomic E-state index is 0.112. The normalized spacial score (nSPS) is 16.4. The molecule has 20 heavy (non-hydrogen) atoms. The maximum absolute atomic E-state index is 5.55. The van der Waals surface area contributed by atoms with Crippen LogP contribution in [0, 0.1) is 0 Å². The summed E-state index contributed by atoms with van der Waals surface area (Å²) in [5.41, 5.74) is 1.01. The van der Waals surface area contributed by atoms with Crippen LogP contribution in [0.2, 0.25) is 0 Å². The van der Waals surface area contributed by atoms with E-state index in [0.29, 0.717) is 0 Å². The van der Waals surface area contributed by atoms with Crippen LogP contribution in [0.3, 0.4) is 0 Å². The van der Waals surface area contributed by atoms with Crippen LogP contribution in [0.1, 0.15) is 31.6 Å². The Labute approximate surface area is 127 Å². The highest BCUT2D eigenvalue weighted by molar-refractivity contribution is 9.10. The molecule has 2 aromatic rings. The first-order valence-electron chi connectivity index (χ1n) is 6.95. The monoisotopic (exact) mass is 335 g/mol. The van der Waals surface area contributed by atoms with Crippen molar-refractivity contribution in [2.75, 3.05) is 23.3 Å². The number of rotatable bonds is 4. The average Bonchev–Trinajstić information content (AvgIpc) is 3.10. The molecular formula is C15H18BrN3O. The van der Waals surface area contributed by atoms with E-state index in [1.165, 1.54) is 12.8 Å². The topological polar surface area (TPSA) is 41.3 Å². The van der Waals surface area contributed by atoms with Gasteiger partial charge in [0.25, 0.3) is 0 Å². The molecule has 0 amide bonds. The van der Waals surface area contributed by atoms with Crippen molar-refractivity contribution in [1.29, 1.82) is 0 Å². The molecule has 1 fully saturated rings. The van der Waals surface area contributed by atoms with Gasteiger partial charge in [0, 0.05) is 13.1 Å². The van der Waals surface area contributed by atoms with E-state index in [4.69, 9.17) is 4.42 Å². The molecule has 3 heterocycles. The van der Waals surface area contributed by atoms with Crippen LogP contribution in [0.25, 0.3) is 0 Å². The van der Waals surface area contributed by atoms with Crippen LogP contribution >= 0.6 is 15.9 Å².